The summed E-state index contributed by atoms with van der Waals surface area (Å²) >= 11 is 0. The monoisotopic (exact) mass is 386 g/mol. The summed E-state index contributed by atoms with van der Waals surface area (Å²) in [5.74, 6) is 1.22. The van der Waals surface area contributed by atoms with E-state index in [1.807, 2.05) is 36.4 Å². The molecule has 9 nitrogen and oxygen atoms in total. The van der Waals surface area contributed by atoms with E-state index >= 15 is 0 Å². The van der Waals surface area contributed by atoms with Crippen LogP contribution in [0.25, 0.3) is 27.8 Å². The van der Waals surface area contributed by atoms with Crippen LogP contribution < -0.4 is 5.56 Å². The first-order chi connectivity index (χ1) is 14.1. The van der Waals surface area contributed by atoms with Gasteiger partial charge in [0.2, 0.25) is 0 Å². The second-order valence-corrected chi connectivity index (χ2v) is 6.78. The van der Waals surface area contributed by atoms with Crippen LogP contribution in [0.5, 0.6) is 0 Å². The molecule has 9 heteroatoms. The van der Waals surface area contributed by atoms with Crippen LogP contribution in [0.15, 0.2) is 47.4 Å². The largest absolute Gasteiger partial charge is 0.299 e. The highest BCUT2D eigenvalue weighted by Crippen LogP contribution is 2.28. The zero-order valence-corrected chi connectivity index (χ0v) is 16.2. The number of aryl methyl sites for hydroxylation is 3. The Morgan fingerprint density at radius 1 is 0.931 bits per heavy atom. The van der Waals surface area contributed by atoms with Crippen molar-refractivity contribution >= 4 is 16.7 Å². The summed E-state index contributed by atoms with van der Waals surface area (Å²) in [5.41, 5.74) is 4.04. The van der Waals surface area contributed by atoms with E-state index in [2.05, 4.69) is 27.3 Å². The minimum absolute atomic E-state index is 0.234. The van der Waals surface area contributed by atoms with Crippen LogP contribution in [0.1, 0.15) is 24.3 Å². The van der Waals surface area contributed by atoms with Crippen LogP contribution in [0.3, 0.4) is 0 Å². The standard InChI is InChI=1S/C20H18N8O/c1-4-15-17(14-8-6-5-7-9-14)19-24-23-18-16(27(19)25-15)10-11-26(20(18)29)28-12(2)21-22-13(28)3/h5-11H,4H2,1-3H3. The van der Waals surface area contributed by atoms with E-state index in [-0.39, 0.29) is 11.1 Å². The molecule has 0 amide bonds. The van der Waals surface area contributed by atoms with Crippen molar-refractivity contribution in [1.29, 1.82) is 0 Å². The molecule has 0 aliphatic carbocycles. The molecule has 0 radical (unpaired) electrons. The molecule has 0 spiro atoms. The van der Waals surface area contributed by atoms with E-state index in [1.165, 1.54) is 4.68 Å². The third kappa shape index (κ3) is 2.47. The number of rotatable bonds is 3. The zero-order chi connectivity index (χ0) is 20.1. The lowest BCUT2D eigenvalue weighted by Gasteiger charge is -2.10. The smallest absolute Gasteiger partial charge is 0.265 e. The maximum absolute atomic E-state index is 13.1. The van der Waals surface area contributed by atoms with Gasteiger partial charge in [0.1, 0.15) is 17.2 Å². The number of benzene rings is 1. The first-order valence-corrected chi connectivity index (χ1v) is 9.34. The van der Waals surface area contributed by atoms with Crippen molar-refractivity contribution in [3.05, 3.63) is 70.3 Å². The topological polar surface area (TPSA) is 95.8 Å². The number of aromatic nitrogens is 8. The molecule has 0 fully saturated rings. The Labute approximate surface area is 165 Å². The first-order valence-electron chi connectivity index (χ1n) is 9.34. The van der Waals surface area contributed by atoms with Crippen molar-refractivity contribution in [2.75, 3.05) is 0 Å². The van der Waals surface area contributed by atoms with Gasteiger partial charge in [-0.2, -0.15) is 5.10 Å². The maximum atomic E-state index is 13.1. The molecule has 4 aromatic heterocycles. The van der Waals surface area contributed by atoms with Gasteiger partial charge in [-0.15, -0.1) is 20.4 Å². The van der Waals surface area contributed by atoms with Gasteiger partial charge in [0.25, 0.3) is 5.56 Å². The summed E-state index contributed by atoms with van der Waals surface area (Å²) in [6.45, 7) is 5.63. The van der Waals surface area contributed by atoms with Gasteiger partial charge in [-0.25, -0.2) is 13.9 Å². The molecular weight excluding hydrogens is 368 g/mol. The molecule has 0 unspecified atom stereocenters. The van der Waals surface area contributed by atoms with Gasteiger partial charge in [-0.3, -0.25) is 4.79 Å². The van der Waals surface area contributed by atoms with E-state index in [1.54, 1.807) is 29.2 Å². The van der Waals surface area contributed by atoms with Crippen molar-refractivity contribution in [2.24, 2.45) is 0 Å². The molecule has 0 aliphatic heterocycles. The lowest BCUT2D eigenvalue weighted by molar-refractivity contribution is 0.593. The predicted molar refractivity (Wildman–Crippen MR) is 108 cm³/mol. The molecule has 0 saturated carbocycles. The van der Waals surface area contributed by atoms with E-state index in [4.69, 9.17) is 5.10 Å². The summed E-state index contributed by atoms with van der Waals surface area (Å²) in [7, 11) is 0. The van der Waals surface area contributed by atoms with Crippen LogP contribution in [-0.2, 0) is 6.42 Å². The van der Waals surface area contributed by atoms with Gasteiger partial charge in [0.05, 0.1) is 11.3 Å². The number of hydrogen-bond donors (Lipinski definition) is 0. The Bertz CT molecular complexity index is 1410. The van der Waals surface area contributed by atoms with Crippen molar-refractivity contribution in [1.82, 2.24) is 39.4 Å². The van der Waals surface area contributed by atoms with Crippen molar-refractivity contribution in [2.45, 2.75) is 27.2 Å². The summed E-state index contributed by atoms with van der Waals surface area (Å²) < 4.78 is 4.79. The average molecular weight is 386 g/mol. The number of pyridine rings is 1. The van der Waals surface area contributed by atoms with Gasteiger partial charge in [0.15, 0.2) is 11.2 Å². The normalized spacial score (nSPS) is 11.6. The first kappa shape index (κ1) is 17.2. The van der Waals surface area contributed by atoms with Crippen LogP contribution in [0, 0.1) is 13.8 Å². The lowest BCUT2D eigenvalue weighted by atomic mass is 10.0. The molecule has 0 atom stereocenters. The summed E-state index contributed by atoms with van der Waals surface area (Å²) in [5, 5.41) is 21.4. The summed E-state index contributed by atoms with van der Waals surface area (Å²) in [6.07, 6.45) is 2.43. The molecule has 0 N–H and O–H groups in total. The number of hydrogen-bond acceptors (Lipinski definition) is 6. The third-order valence-electron chi connectivity index (χ3n) is 5.00. The predicted octanol–water partition coefficient (Wildman–Crippen LogP) is 2.19. The van der Waals surface area contributed by atoms with Crippen molar-refractivity contribution in [3.8, 4) is 11.1 Å². The maximum Gasteiger partial charge on any atom is 0.299 e. The van der Waals surface area contributed by atoms with E-state index in [0.717, 1.165) is 23.2 Å². The van der Waals surface area contributed by atoms with Crippen molar-refractivity contribution < 1.29 is 0 Å². The van der Waals surface area contributed by atoms with Crippen LogP contribution in [0.2, 0.25) is 0 Å². The van der Waals surface area contributed by atoms with Gasteiger partial charge >= 0.3 is 0 Å². The van der Waals surface area contributed by atoms with Gasteiger partial charge in [-0.05, 0) is 31.9 Å². The molecular formula is C20H18N8O. The molecule has 5 aromatic rings. The van der Waals surface area contributed by atoms with Crippen LogP contribution in [-0.4, -0.2) is 39.4 Å². The molecule has 29 heavy (non-hydrogen) atoms. The lowest BCUT2D eigenvalue weighted by Crippen LogP contribution is -2.28. The second-order valence-electron chi connectivity index (χ2n) is 6.78. The highest BCUT2D eigenvalue weighted by atomic mass is 16.1. The number of fused-ring (bicyclic) bond motifs is 3. The van der Waals surface area contributed by atoms with Gasteiger partial charge < -0.3 is 0 Å². The molecule has 5 rings (SSSR count). The Hall–Kier alpha value is -3.88. The van der Waals surface area contributed by atoms with Gasteiger partial charge in [-0.1, -0.05) is 37.3 Å². The van der Waals surface area contributed by atoms with Gasteiger partial charge in [0, 0.05) is 6.20 Å². The molecule has 144 valence electrons. The minimum Gasteiger partial charge on any atom is -0.265 e. The fourth-order valence-electron chi connectivity index (χ4n) is 3.66. The third-order valence-corrected chi connectivity index (χ3v) is 5.00. The Kier molecular flexibility index (Phi) is 3.76. The van der Waals surface area contributed by atoms with E-state index < -0.39 is 0 Å². The van der Waals surface area contributed by atoms with Crippen LogP contribution in [0.4, 0.5) is 0 Å². The average Bonchev–Trinajstić information content (AvgIpc) is 3.29. The second kappa shape index (κ2) is 6.33. The fourth-order valence-corrected chi connectivity index (χ4v) is 3.66. The Morgan fingerprint density at radius 2 is 1.66 bits per heavy atom. The highest BCUT2D eigenvalue weighted by Gasteiger charge is 2.19. The number of nitrogens with zero attached hydrogens (tertiary/aromatic N) is 8. The molecule has 0 bridgehead atoms. The quantitative estimate of drug-likeness (QED) is 0.472. The summed E-state index contributed by atoms with van der Waals surface area (Å²) in [4.78, 5) is 13.1. The summed E-state index contributed by atoms with van der Waals surface area (Å²) in [6, 6.07) is 11.8. The molecule has 0 saturated heterocycles. The zero-order valence-electron chi connectivity index (χ0n) is 16.2. The molecule has 4 heterocycles. The minimum atomic E-state index is -0.308. The van der Waals surface area contributed by atoms with E-state index in [9.17, 15) is 4.79 Å². The van der Waals surface area contributed by atoms with E-state index in [0.29, 0.717) is 22.8 Å². The van der Waals surface area contributed by atoms with Crippen LogP contribution >= 0.6 is 0 Å². The highest BCUT2D eigenvalue weighted by molar-refractivity contribution is 5.84. The SMILES string of the molecule is CCc1nn2c(nnc3c(=O)n(-n4c(C)nnc4C)ccc32)c1-c1ccccc1. The van der Waals surface area contributed by atoms with Crippen molar-refractivity contribution in [3.63, 3.8) is 0 Å². The molecule has 0 aliphatic rings. The Balaban J connectivity index is 1.82. The fraction of sp³-hybridized carbons (Fsp3) is 0.200. The Morgan fingerprint density at radius 3 is 2.34 bits per heavy atom. The molecule has 1 aromatic carbocycles.